The minimum Gasteiger partial charge on any atom is -0.305 e. The Morgan fingerprint density at radius 3 is 2.07 bits per heavy atom. The molecule has 1 aliphatic heterocycles. The van der Waals surface area contributed by atoms with Gasteiger partial charge in [0.1, 0.15) is 0 Å². The van der Waals surface area contributed by atoms with E-state index in [2.05, 4.69) is 34.8 Å². The molecule has 1 saturated heterocycles. The van der Waals surface area contributed by atoms with Crippen LogP contribution in [0.5, 0.6) is 0 Å². The number of benzene rings is 1. The van der Waals surface area contributed by atoms with E-state index < -0.39 is 0 Å². The maximum atomic E-state index is 12.6. The normalized spacial score (nSPS) is 17.1. The summed E-state index contributed by atoms with van der Waals surface area (Å²) in [7, 11) is 0. The summed E-state index contributed by atoms with van der Waals surface area (Å²) in [5.41, 5.74) is 0.675. The summed E-state index contributed by atoms with van der Waals surface area (Å²) in [6, 6.07) is 7.14. The molecule has 2 amide bonds. The second-order valence-corrected chi connectivity index (χ2v) is 8.68. The molecule has 1 fully saturated rings. The van der Waals surface area contributed by atoms with Crippen molar-refractivity contribution in [1.29, 1.82) is 0 Å². The van der Waals surface area contributed by atoms with Gasteiger partial charge >= 0.3 is 0 Å². The summed E-state index contributed by atoms with van der Waals surface area (Å²) < 4.78 is 1.09. The van der Waals surface area contributed by atoms with Gasteiger partial charge in [-0.3, -0.25) is 9.59 Å². The number of imide groups is 1. The smallest absolute Gasteiger partial charge is 0.251 e. The van der Waals surface area contributed by atoms with Gasteiger partial charge in [0.05, 0.1) is 18.2 Å². The fraction of sp³-hybridized carbons (Fsp3) is 0.636. The highest BCUT2D eigenvalue weighted by Gasteiger charge is 2.38. The number of carbonyl (C=O) groups excluding carboxylic acids is 2. The molecule has 1 atom stereocenters. The fourth-order valence-electron chi connectivity index (χ4n) is 3.54. The van der Waals surface area contributed by atoms with Crippen LogP contribution in [0.15, 0.2) is 24.3 Å². The number of nitrogens with one attached hydrogen (secondary N) is 1. The molecule has 1 aromatic carbocycles. The standard InChI is InChI=1S/C22H33IN2O2/c1-2-3-4-5-6-7-8-9-10-11-16-24-20-17-21(26)25(22(20)27)19-14-12-18(23)13-15-19/h12-15,20,24H,2-11,16-17H2,1H3. The van der Waals surface area contributed by atoms with E-state index in [4.69, 9.17) is 0 Å². The van der Waals surface area contributed by atoms with Crippen molar-refractivity contribution < 1.29 is 9.59 Å². The van der Waals surface area contributed by atoms with Gasteiger partial charge in [-0.1, -0.05) is 64.7 Å². The van der Waals surface area contributed by atoms with Gasteiger partial charge in [0.2, 0.25) is 5.91 Å². The molecule has 0 radical (unpaired) electrons. The number of amides is 2. The van der Waals surface area contributed by atoms with E-state index in [-0.39, 0.29) is 24.3 Å². The molecule has 1 aromatic rings. The molecule has 1 heterocycles. The lowest BCUT2D eigenvalue weighted by atomic mass is 10.1. The van der Waals surface area contributed by atoms with E-state index in [1.54, 1.807) is 0 Å². The molecule has 0 spiro atoms. The van der Waals surface area contributed by atoms with Gasteiger partial charge in [0.25, 0.3) is 5.91 Å². The van der Waals surface area contributed by atoms with Crippen LogP contribution in [0.25, 0.3) is 0 Å². The number of halogens is 1. The second-order valence-electron chi connectivity index (χ2n) is 7.44. The molecule has 0 aliphatic carbocycles. The molecule has 5 heteroatoms. The molecule has 150 valence electrons. The predicted molar refractivity (Wildman–Crippen MR) is 120 cm³/mol. The van der Waals surface area contributed by atoms with Crippen LogP contribution in [0, 0.1) is 3.57 Å². The minimum atomic E-state index is -0.365. The van der Waals surface area contributed by atoms with Crippen molar-refractivity contribution in [3.05, 3.63) is 27.8 Å². The SMILES string of the molecule is CCCCCCCCCCCCNC1CC(=O)N(c2ccc(I)cc2)C1=O. The van der Waals surface area contributed by atoms with Crippen molar-refractivity contribution in [3.63, 3.8) is 0 Å². The van der Waals surface area contributed by atoms with Crippen molar-refractivity contribution in [2.24, 2.45) is 0 Å². The van der Waals surface area contributed by atoms with E-state index in [0.29, 0.717) is 5.69 Å². The number of nitrogens with zero attached hydrogens (tertiary/aromatic N) is 1. The van der Waals surface area contributed by atoms with E-state index in [1.165, 1.54) is 62.7 Å². The van der Waals surface area contributed by atoms with Crippen LogP contribution in [0.3, 0.4) is 0 Å². The highest BCUT2D eigenvalue weighted by atomic mass is 127. The van der Waals surface area contributed by atoms with Crippen molar-refractivity contribution in [2.75, 3.05) is 11.4 Å². The van der Waals surface area contributed by atoms with Crippen molar-refractivity contribution in [2.45, 2.75) is 83.6 Å². The van der Waals surface area contributed by atoms with E-state index in [0.717, 1.165) is 16.5 Å². The van der Waals surface area contributed by atoms with Gasteiger partial charge < -0.3 is 5.32 Å². The maximum absolute atomic E-state index is 12.6. The van der Waals surface area contributed by atoms with Crippen LogP contribution in [0.4, 0.5) is 5.69 Å². The van der Waals surface area contributed by atoms with Crippen molar-refractivity contribution in [1.82, 2.24) is 5.32 Å². The largest absolute Gasteiger partial charge is 0.305 e. The van der Waals surface area contributed by atoms with Crippen LogP contribution >= 0.6 is 22.6 Å². The summed E-state index contributed by atoms with van der Waals surface area (Å²) in [5, 5.41) is 3.28. The molecule has 0 saturated carbocycles. The first kappa shape index (κ1) is 22.3. The summed E-state index contributed by atoms with van der Waals surface area (Å²) in [5.74, 6) is -0.227. The van der Waals surface area contributed by atoms with Gasteiger partial charge in [0, 0.05) is 3.57 Å². The molecule has 1 N–H and O–H groups in total. The lowest BCUT2D eigenvalue weighted by molar-refractivity contribution is -0.121. The quantitative estimate of drug-likeness (QED) is 0.231. The van der Waals surface area contributed by atoms with Gasteiger partial charge in [0.15, 0.2) is 0 Å². The third-order valence-corrected chi connectivity index (χ3v) is 5.87. The Morgan fingerprint density at radius 1 is 0.926 bits per heavy atom. The van der Waals surface area contributed by atoms with E-state index >= 15 is 0 Å². The summed E-state index contributed by atoms with van der Waals surface area (Å²) in [6.07, 6.45) is 13.3. The summed E-state index contributed by atoms with van der Waals surface area (Å²) in [4.78, 5) is 26.1. The Labute approximate surface area is 177 Å². The third kappa shape index (κ3) is 7.53. The van der Waals surface area contributed by atoms with Crippen LogP contribution < -0.4 is 10.2 Å². The molecule has 27 heavy (non-hydrogen) atoms. The summed E-state index contributed by atoms with van der Waals surface area (Å²) >= 11 is 2.21. The van der Waals surface area contributed by atoms with Gasteiger partial charge in [-0.05, 0) is 59.8 Å². The molecule has 0 bridgehead atoms. The minimum absolute atomic E-state index is 0.109. The van der Waals surface area contributed by atoms with Gasteiger partial charge in [-0.15, -0.1) is 0 Å². The fourth-order valence-corrected chi connectivity index (χ4v) is 3.90. The first-order valence-corrected chi connectivity index (χ1v) is 11.6. The zero-order valence-corrected chi connectivity index (χ0v) is 18.7. The highest BCUT2D eigenvalue weighted by molar-refractivity contribution is 14.1. The van der Waals surface area contributed by atoms with Crippen LogP contribution in [-0.2, 0) is 9.59 Å². The molecule has 0 aromatic heterocycles. The highest BCUT2D eigenvalue weighted by Crippen LogP contribution is 2.23. The number of anilines is 1. The first-order valence-electron chi connectivity index (χ1n) is 10.5. The molecular formula is C22H33IN2O2. The zero-order chi connectivity index (χ0) is 19.5. The van der Waals surface area contributed by atoms with E-state index in [1.807, 2.05) is 24.3 Å². The third-order valence-electron chi connectivity index (χ3n) is 5.15. The second kappa shape index (κ2) is 12.5. The Morgan fingerprint density at radius 2 is 1.48 bits per heavy atom. The Bertz CT molecular complexity index is 588. The number of rotatable bonds is 13. The number of unbranched alkanes of at least 4 members (excludes halogenated alkanes) is 9. The van der Waals surface area contributed by atoms with Crippen LogP contribution in [-0.4, -0.2) is 24.4 Å². The summed E-state index contributed by atoms with van der Waals surface area (Å²) in [6.45, 7) is 3.06. The number of hydrogen-bond donors (Lipinski definition) is 1. The van der Waals surface area contributed by atoms with Gasteiger partial charge in [-0.25, -0.2) is 4.90 Å². The number of hydrogen-bond acceptors (Lipinski definition) is 3. The zero-order valence-electron chi connectivity index (χ0n) is 16.5. The Balaban J connectivity index is 1.58. The van der Waals surface area contributed by atoms with Crippen LogP contribution in [0.1, 0.15) is 77.6 Å². The maximum Gasteiger partial charge on any atom is 0.251 e. The lowest BCUT2D eigenvalue weighted by Gasteiger charge is -2.15. The monoisotopic (exact) mass is 484 g/mol. The van der Waals surface area contributed by atoms with Crippen molar-refractivity contribution in [3.8, 4) is 0 Å². The number of carbonyl (C=O) groups is 2. The first-order chi connectivity index (χ1) is 13.1. The van der Waals surface area contributed by atoms with E-state index in [9.17, 15) is 9.59 Å². The predicted octanol–water partition coefficient (Wildman–Crippen LogP) is 5.43. The Hall–Kier alpha value is -0.950. The van der Waals surface area contributed by atoms with Crippen molar-refractivity contribution >= 4 is 40.1 Å². The topological polar surface area (TPSA) is 49.4 Å². The molecule has 1 aliphatic rings. The lowest BCUT2D eigenvalue weighted by Crippen LogP contribution is -2.39. The molecule has 1 unspecified atom stereocenters. The molecule has 4 nitrogen and oxygen atoms in total. The Kier molecular flexibility index (Phi) is 10.3. The van der Waals surface area contributed by atoms with Crippen LogP contribution in [0.2, 0.25) is 0 Å². The van der Waals surface area contributed by atoms with Gasteiger partial charge in [-0.2, -0.15) is 0 Å². The molecule has 2 rings (SSSR count). The average molecular weight is 484 g/mol. The average Bonchev–Trinajstić information content (AvgIpc) is 2.94. The molecular weight excluding hydrogens is 451 g/mol.